The smallest absolute Gasteiger partial charge is 0.185 e. The van der Waals surface area contributed by atoms with Crippen LogP contribution in [0.4, 0.5) is 0 Å². The van der Waals surface area contributed by atoms with Crippen LogP contribution < -0.4 is 16.8 Å². The summed E-state index contributed by atoms with van der Waals surface area (Å²) in [5.41, 5.74) is 10.3. The summed E-state index contributed by atoms with van der Waals surface area (Å²) in [6.45, 7) is 6.15. The van der Waals surface area contributed by atoms with Crippen LogP contribution in [0, 0.1) is 0 Å². The second-order valence-corrected chi connectivity index (χ2v) is 2.90. The summed E-state index contributed by atoms with van der Waals surface area (Å²) in [5, 5.41) is 2.93. The lowest BCUT2D eigenvalue weighted by Gasteiger charge is -2.10. The molecule has 0 fully saturated rings. The molecule has 0 saturated heterocycles. The summed E-state index contributed by atoms with van der Waals surface area (Å²) in [6.07, 6.45) is 1.58. The normalized spacial score (nSPS) is 10.9. The molecule has 0 aliphatic carbocycles. The first kappa shape index (κ1) is 16.3. The zero-order chi connectivity index (χ0) is 12.3. The second kappa shape index (κ2) is 11.0. The maximum atomic E-state index is 11.0. The Labute approximate surface area is 92.3 Å². The van der Waals surface area contributed by atoms with Gasteiger partial charge in [0.15, 0.2) is 5.96 Å². The number of rotatable bonds is 6. The van der Waals surface area contributed by atoms with Gasteiger partial charge in [0.05, 0.1) is 6.04 Å². The number of hydrogen-bond acceptors (Lipinski definition) is 3. The third kappa shape index (κ3) is 10.8. The minimum atomic E-state index is -0.0748. The fourth-order valence-electron chi connectivity index (χ4n) is 1.05. The largest absolute Gasteiger partial charge is 0.370 e. The minimum Gasteiger partial charge on any atom is -0.370 e. The van der Waals surface area contributed by atoms with Crippen molar-refractivity contribution in [2.75, 3.05) is 13.6 Å². The van der Waals surface area contributed by atoms with Gasteiger partial charge in [0, 0.05) is 6.54 Å². The molecule has 5 N–H and O–H groups in total. The highest BCUT2D eigenvalue weighted by molar-refractivity contribution is 5.81. The molecule has 1 unspecified atom stereocenters. The van der Waals surface area contributed by atoms with Crippen LogP contribution in [0.25, 0.3) is 0 Å². The van der Waals surface area contributed by atoms with E-state index < -0.39 is 0 Å². The number of hydrogen-bond donors (Lipinski definition) is 3. The highest BCUT2D eigenvalue weighted by Crippen LogP contribution is 1.98. The van der Waals surface area contributed by atoms with Crippen LogP contribution in [0.2, 0.25) is 0 Å². The van der Waals surface area contributed by atoms with Crippen molar-refractivity contribution in [1.29, 1.82) is 0 Å². The van der Waals surface area contributed by atoms with Crippen LogP contribution in [0.5, 0.6) is 0 Å². The molecule has 90 valence electrons. The summed E-state index contributed by atoms with van der Waals surface area (Å²) in [4.78, 5) is 14.8. The van der Waals surface area contributed by atoms with Crippen molar-refractivity contribution >= 4 is 11.7 Å². The monoisotopic (exact) mass is 216 g/mol. The molecule has 0 saturated carbocycles. The SMILES string of the molecule is CC.CNC(CCCN=C(N)N)C(C)=O. The Morgan fingerprint density at radius 2 is 1.93 bits per heavy atom. The third-order valence-electron chi connectivity index (χ3n) is 1.78. The molecule has 5 nitrogen and oxygen atoms in total. The number of ketones is 1. The molecule has 0 spiro atoms. The molecule has 0 amide bonds. The summed E-state index contributed by atoms with van der Waals surface area (Å²) in [5.74, 6) is 0.246. The van der Waals surface area contributed by atoms with E-state index in [0.717, 1.165) is 12.8 Å². The van der Waals surface area contributed by atoms with Crippen LogP contribution in [-0.2, 0) is 4.79 Å². The van der Waals surface area contributed by atoms with Crippen molar-refractivity contribution in [3.05, 3.63) is 0 Å². The van der Waals surface area contributed by atoms with E-state index in [0.29, 0.717) is 6.54 Å². The molecule has 15 heavy (non-hydrogen) atoms. The number of carbonyl (C=O) groups is 1. The fourth-order valence-corrected chi connectivity index (χ4v) is 1.05. The van der Waals surface area contributed by atoms with Gasteiger partial charge in [-0.1, -0.05) is 13.8 Å². The van der Waals surface area contributed by atoms with Crippen molar-refractivity contribution < 1.29 is 4.79 Å². The lowest BCUT2D eigenvalue weighted by atomic mass is 10.1. The van der Waals surface area contributed by atoms with Crippen LogP contribution in [0.1, 0.15) is 33.6 Å². The van der Waals surface area contributed by atoms with E-state index in [-0.39, 0.29) is 17.8 Å². The van der Waals surface area contributed by atoms with Gasteiger partial charge in [0.25, 0.3) is 0 Å². The zero-order valence-corrected chi connectivity index (χ0v) is 10.2. The maximum Gasteiger partial charge on any atom is 0.185 e. The van der Waals surface area contributed by atoms with Crippen molar-refractivity contribution in [1.82, 2.24) is 5.32 Å². The van der Waals surface area contributed by atoms with Gasteiger partial charge in [-0.05, 0) is 26.8 Å². The highest BCUT2D eigenvalue weighted by Gasteiger charge is 2.09. The number of carbonyl (C=O) groups excluding carboxylic acids is 1. The number of nitrogens with two attached hydrogens (primary N) is 2. The van der Waals surface area contributed by atoms with Crippen molar-refractivity contribution in [3.63, 3.8) is 0 Å². The topological polar surface area (TPSA) is 93.5 Å². The Bertz CT molecular complexity index is 188. The van der Waals surface area contributed by atoms with E-state index in [2.05, 4.69) is 10.3 Å². The van der Waals surface area contributed by atoms with Gasteiger partial charge in [0.2, 0.25) is 0 Å². The van der Waals surface area contributed by atoms with Crippen LogP contribution in [0.3, 0.4) is 0 Å². The van der Waals surface area contributed by atoms with Crippen LogP contribution >= 0.6 is 0 Å². The Balaban J connectivity index is 0. The van der Waals surface area contributed by atoms with E-state index in [9.17, 15) is 4.79 Å². The van der Waals surface area contributed by atoms with Crippen LogP contribution in [-0.4, -0.2) is 31.4 Å². The molecular formula is C10H24N4O. The first-order chi connectivity index (χ1) is 7.07. The average molecular weight is 216 g/mol. The molecule has 0 aromatic carbocycles. The third-order valence-corrected chi connectivity index (χ3v) is 1.78. The van der Waals surface area contributed by atoms with Gasteiger partial charge in [-0.2, -0.15) is 0 Å². The summed E-state index contributed by atoms with van der Waals surface area (Å²) in [7, 11) is 1.77. The van der Waals surface area contributed by atoms with E-state index in [4.69, 9.17) is 11.5 Å². The first-order valence-corrected chi connectivity index (χ1v) is 5.31. The van der Waals surface area contributed by atoms with E-state index in [1.807, 2.05) is 13.8 Å². The zero-order valence-electron chi connectivity index (χ0n) is 10.2. The van der Waals surface area contributed by atoms with Gasteiger partial charge < -0.3 is 16.8 Å². The molecule has 0 aliphatic rings. The summed E-state index contributed by atoms with van der Waals surface area (Å²) < 4.78 is 0. The van der Waals surface area contributed by atoms with E-state index >= 15 is 0 Å². The van der Waals surface area contributed by atoms with Gasteiger partial charge in [-0.3, -0.25) is 9.79 Å². The van der Waals surface area contributed by atoms with E-state index in [1.54, 1.807) is 14.0 Å². The predicted molar refractivity (Wildman–Crippen MR) is 64.8 cm³/mol. The average Bonchev–Trinajstić information content (AvgIpc) is 2.20. The van der Waals surface area contributed by atoms with Gasteiger partial charge >= 0.3 is 0 Å². The predicted octanol–water partition coefficient (Wildman–Crippen LogP) is 0.243. The Hall–Kier alpha value is -1.10. The van der Waals surface area contributed by atoms with Crippen molar-refractivity contribution in [2.24, 2.45) is 16.5 Å². The van der Waals surface area contributed by atoms with Crippen LogP contribution in [0.15, 0.2) is 4.99 Å². The molecule has 0 bridgehead atoms. The van der Waals surface area contributed by atoms with Crippen molar-refractivity contribution in [3.8, 4) is 0 Å². The number of guanidine groups is 1. The van der Waals surface area contributed by atoms with Gasteiger partial charge in [0.1, 0.15) is 5.78 Å². The van der Waals surface area contributed by atoms with Crippen molar-refractivity contribution in [2.45, 2.75) is 39.7 Å². The number of nitrogens with one attached hydrogen (secondary N) is 1. The number of aliphatic imine (C=N–C) groups is 1. The highest BCUT2D eigenvalue weighted by atomic mass is 16.1. The van der Waals surface area contributed by atoms with Gasteiger partial charge in [-0.25, -0.2) is 0 Å². The number of nitrogens with zero attached hydrogens (tertiary/aromatic N) is 1. The Morgan fingerprint density at radius 1 is 1.40 bits per heavy atom. The molecule has 0 heterocycles. The Morgan fingerprint density at radius 3 is 2.27 bits per heavy atom. The molecule has 0 rings (SSSR count). The second-order valence-electron chi connectivity index (χ2n) is 2.90. The summed E-state index contributed by atoms with van der Waals surface area (Å²) in [6, 6.07) is -0.0748. The molecule has 5 heteroatoms. The first-order valence-electron chi connectivity index (χ1n) is 5.31. The molecular weight excluding hydrogens is 192 g/mol. The lowest BCUT2D eigenvalue weighted by molar-refractivity contribution is -0.119. The van der Waals surface area contributed by atoms with Gasteiger partial charge in [-0.15, -0.1) is 0 Å². The fraction of sp³-hybridized carbons (Fsp3) is 0.800. The molecule has 0 radical (unpaired) electrons. The number of Topliss-reactive ketones (excluding diaryl/α,β-unsaturated/α-hetero) is 1. The quantitative estimate of drug-likeness (QED) is 0.337. The number of likely N-dealkylation sites (N-methyl/N-ethyl adjacent to an activating group) is 1. The summed E-state index contributed by atoms with van der Waals surface area (Å²) >= 11 is 0. The lowest BCUT2D eigenvalue weighted by Crippen LogP contribution is -2.32. The Kier molecular flexibility index (Phi) is 12.0. The standard InChI is InChI=1S/C8H18N4O.C2H6/c1-6(13)7(11-2)4-3-5-12-8(9)10;1-2/h7,11H,3-5H2,1-2H3,(H4,9,10,12);1-2H3. The molecule has 0 aliphatic heterocycles. The minimum absolute atomic E-state index is 0.0748. The molecule has 0 aromatic rings. The van der Waals surface area contributed by atoms with E-state index in [1.165, 1.54) is 0 Å². The molecule has 1 atom stereocenters. The molecule has 0 aromatic heterocycles. The maximum absolute atomic E-state index is 11.0.